The summed E-state index contributed by atoms with van der Waals surface area (Å²) in [5.41, 5.74) is -0.478. The Balaban J connectivity index is 3.68. The van der Waals surface area contributed by atoms with E-state index in [-0.39, 0.29) is 13.2 Å². The van der Waals surface area contributed by atoms with Crippen molar-refractivity contribution in [1.82, 2.24) is 5.32 Å². The van der Waals surface area contributed by atoms with Crippen molar-refractivity contribution in [2.75, 3.05) is 31.3 Å². The van der Waals surface area contributed by atoms with E-state index in [1.165, 1.54) is 0 Å². The Bertz CT molecular complexity index is 110. The molecule has 4 heteroatoms. The maximum absolute atomic E-state index is 9.10. The van der Waals surface area contributed by atoms with E-state index in [1.807, 2.05) is 18.7 Å². The molecule has 0 aromatic rings. The minimum atomic E-state index is -0.478. The summed E-state index contributed by atoms with van der Waals surface area (Å²) in [5, 5.41) is 21.4. The summed E-state index contributed by atoms with van der Waals surface area (Å²) in [4.78, 5) is 0. The van der Waals surface area contributed by atoms with Gasteiger partial charge in [-0.15, -0.1) is 0 Å². The van der Waals surface area contributed by atoms with Crippen LogP contribution in [0.5, 0.6) is 0 Å². The molecular formula is C9H21NO2S. The highest BCUT2D eigenvalue weighted by Crippen LogP contribution is 2.08. The normalized spacial score (nSPS) is 12.0. The zero-order valence-corrected chi connectivity index (χ0v) is 9.36. The molecule has 0 radical (unpaired) electrons. The monoisotopic (exact) mass is 207 g/mol. The Morgan fingerprint density at radius 3 is 2.23 bits per heavy atom. The number of aliphatic hydroxyl groups excluding tert-OH is 2. The molecule has 0 spiro atoms. The lowest BCUT2D eigenvalue weighted by Crippen LogP contribution is -2.51. The molecule has 0 unspecified atom stereocenters. The van der Waals surface area contributed by atoms with E-state index in [2.05, 4.69) is 12.2 Å². The lowest BCUT2D eigenvalue weighted by atomic mass is 9.99. The Morgan fingerprint density at radius 2 is 1.85 bits per heavy atom. The third-order valence-electron chi connectivity index (χ3n) is 2.23. The molecular weight excluding hydrogens is 186 g/mol. The maximum atomic E-state index is 9.10. The molecule has 0 rings (SSSR count). The molecule has 0 heterocycles. The van der Waals surface area contributed by atoms with Gasteiger partial charge in [0, 0.05) is 12.3 Å². The van der Waals surface area contributed by atoms with Crippen LogP contribution in [-0.4, -0.2) is 47.0 Å². The first-order chi connectivity index (χ1) is 6.24. The molecule has 0 fully saturated rings. The predicted octanol–water partition coefficient (Wildman–Crippen LogP) is 0.462. The van der Waals surface area contributed by atoms with Gasteiger partial charge in [-0.3, -0.25) is 0 Å². The zero-order valence-electron chi connectivity index (χ0n) is 8.55. The molecule has 0 bridgehead atoms. The second-order valence-corrected chi connectivity index (χ2v) is 4.47. The minimum Gasteiger partial charge on any atom is -0.394 e. The van der Waals surface area contributed by atoms with Crippen LogP contribution < -0.4 is 5.32 Å². The second kappa shape index (κ2) is 7.62. The highest BCUT2D eigenvalue weighted by molar-refractivity contribution is 7.99. The molecule has 0 aromatic heterocycles. The molecule has 13 heavy (non-hydrogen) atoms. The Morgan fingerprint density at radius 1 is 1.23 bits per heavy atom. The molecule has 0 atom stereocenters. The fraction of sp³-hybridized carbons (Fsp3) is 1.00. The lowest BCUT2D eigenvalue weighted by Gasteiger charge is -2.29. The van der Waals surface area contributed by atoms with Gasteiger partial charge in [-0.05, 0) is 12.2 Å². The van der Waals surface area contributed by atoms with Gasteiger partial charge in [0.1, 0.15) is 0 Å². The average molecular weight is 207 g/mol. The number of rotatable bonds is 8. The van der Waals surface area contributed by atoms with Gasteiger partial charge in [0.2, 0.25) is 0 Å². The Kier molecular flexibility index (Phi) is 7.75. The summed E-state index contributed by atoms with van der Waals surface area (Å²) in [7, 11) is 0. The molecule has 0 saturated carbocycles. The quantitative estimate of drug-likeness (QED) is 0.506. The van der Waals surface area contributed by atoms with Crippen LogP contribution in [-0.2, 0) is 0 Å². The van der Waals surface area contributed by atoms with Gasteiger partial charge in [0.05, 0.1) is 18.8 Å². The van der Waals surface area contributed by atoms with Gasteiger partial charge < -0.3 is 15.5 Å². The molecule has 0 aliphatic heterocycles. The van der Waals surface area contributed by atoms with Crippen LogP contribution in [0.2, 0.25) is 0 Å². The highest BCUT2D eigenvalue weighted by Gasteiger charge is 2.24. The van der Waals surface area contributed by atoms with Crippen LogP contribution in [0.4, 0.5) is 0 Å². The third-order valence-corrected chi connectivity index (χ3v) is 3.13. The molecule has 3 N–H and O–H groups in total. The molecule has 0 aliphatic carbocycles. The van der Waals surface area contributed by atoms with E-state index in [0.29, 0.717) is 0 Å². The van der Waals surface area contributed by atoms with E-state index in [4.69, 9.17) is 10.2 Å². The number of thioether (sulfide) groups is 1. The number of nitrogens with one attached hydrogen (secondary N) is 1. The van der Waals surface area contributed by atoms with E-state index >= 15 is 0 Å². The lowest BCUT2D eigenvalue weighted by molar-refractivity contribution is 0.0896. The van der Waals surface area contributed by atoms with E-state index in [9.17, 15) is 0 Å². The van der Waals surface area contributed by atoms with E-state index < -0.39 is 5.54 Å². The van der Waals surface area contributed by atoms with Crippen molar-refractivity contribution >= 4 is 11.8 Å². The van der Waals surface area contributed by atoms with Gasteiger partial charge in [0.15, 0.2) is 0 Å². The van der Waals surface area contributed by atoms with Crippen molar-refractivity contribution in [3.05, 3.63) is 0 Å². The van der Waals surface area contributed by atoms with Crippen LogP contribution in [0.3, 0.4) is 0 Å². The van der Waals surface area contributed by atoms with Gasteiger partial charge in [-0.1, -0.05) is 13.8 Å². The van der Waals surface area contributed by atoms with E-state index in [0.717, 1.165) is 24.5 Å². The summed E-state index contributed by atoms with van der Waals surface area (Å²) in [6.45, 7) is 4.92. The SMILES string of the molecule is CCSCCNC(CC)(CO)CO. The third kappa shape index (κ3) is 4.86. The van der Waals surface area contributed by atoms with Crippen molar-refractivity contribution in [3.63, 3.8) is 0 Å². The van der Waals surface area contributed by atoms with Crippen LogP contribution in [0.15, 0.2) is 0 Å². The smallest absolute Gasteiger partial charge is 0.0645 e. The molecule has 0 amide bonds. The topological polar surface area (TPSA) is 52.5 Å². The van der Waals surface area contributed by atoms with Gasteiger partial charge in [0.25, 0.3) is 0 Å². The molecule has 80 valence electrons. The van der Waals surface area contributed by atoms with Crippen LogP contribution in [0.1, 0.15) is 20.3 Å². The van der Waals surface area contributed by atoms with Gasteiger partial charge in [-0.25, -0.2) is 0 Å². The molecule has 0 saturated heterocycles. The van der Waals surface area contributed by atoms with Crippen molar-refractivity contribution in [2.24, 2.45) is 0 Å². The number of hydrogen-bond acceptors (Lipinski definition) is 4. The van der Waals surface area contributed by atoms with E-state index in [1.54, 1.807) is 0 Å². The predicted molar refractivity (Wildman–Crippen MR) is 58.2 cm³/mol. The average Bonchev–Trinajstić information content (AvgIpc) is 2.20. The van der Waals surface area contributed by atoms with Crippen LogP contribution in [0.25, 0.3) is 0 Å². The number of aliphatic hydroxyl groups is 2. The largest absolute Gasteiger partial charge is 0.394 e. The van der Waals surface area contributed by atoms with Crippen LogP contribution >= 0.6 is 11.8 Å². The Labute approximate surface area is 84.9 Å². The first-order valence-corrected chi connectivity index (χ1v) is 5.94. The zero-order chi connectivity index (χ0) is 10.2. The van der Waals surface area contributed by atoms with Crippen molar-refractivity contribution in [2.45, 2.75) is 25.8 Å². The molecule has 3 nitrogen and oxygen atoms in total. The second-order valence-electron chi connectivity index (χ2n) is 3.07. The highest BCUT2D eigenvalue weighted by atomic mass is 32.2. The van der Waals surface area contributed by atoms with Crippen molar-refractivity contribution in [3.8, 4) is 0 Å². The summed E-state index contributed by atoms with van der Waals surface area (Å²) in [6.07, 6.45) is 0.747. The fourth-order valence-electron chi connectivity index (χ4n) is 1.04. The van der Waals surface area contributed by atoms with Gasteiger partial charge >= 0.3 is 0 Å². The maximum Gasteiger partial charge on any atom is 0.0645 e. The minimum absolute atomic E-state index is 0.00318. The standard InChI is InChI=1S/C9H21NO2S/c1-3-9(7-11,8-12)10-5-6-13-4-2/h10-12H,3-8H2,1-2H3. The molecule has 0 aliphatic rings. The fourth-order valence-corrected chi connectivity index (χ4v) is 1.58. The number of hydrogen-bond donors (Lipinski definition) is 3. The van der Waals surface area contributed by atoms with Gasteiger partial charge in [-0.2, -0.15) is 11.8 Å². The molecule has 0 aromatic carbocycles. The first-order valence-electron chi connectivity index (χ1n) is 4.79. The summed E-state index contributed by atoms with van der Waals surface area (Å²) >= 11 is 1.85. The first kappa shape index (κ1) is 13.2. The summed E-state index contributed by atoms with van der Waals surface area (Å²) in [6, 6.07) is 0. The van der Waals surface area contributed by atoms with Crippen molar-refractivity contribution in [1.29, 1.82) is 0 Å². The summed E-state index contributed by atoms with van der Waals surface area (Å²) in [5.74, 6) is 2.14. The summed E-state index contributed by atoms with van der Waals surface area (Å²) < 4.78 is 0. The van der Waals surface area contributed by atoms with Crippen LogP contribution in [0, 0.1) is 0 Å². The van der Waals surface area contributed by atoms with Crippen molar-refractivity contribution < 1.29 is 10.2 Å². The Hall–Kier alpha value is 0.230.